The number of rotatable bonds is 6. The second-order valence-electron chi connectivity index (χ2n) is 5.87. The average Bonchev–Trinajstić information content (AvgIpc) is 2.37. The number of nitrogens with one attached hydrogen (secondary N) is 2. The monoisotopic (exact) mass is 285 g/mol. The van der Waals surface area contributed by atoms with Gasteiger partial charge < -0.3 is 20.6 Å². The highest BCUT2D eigenvalue weighted by atomic mass is 16.4. The Morgan fingerprint density at radius 3 is 2.65 bits per heavy atom. The lowest BCUT2D eigenvalue weighted by Crippen LogP contribution is -2.53. The van der Waals surface area contributed by atoms with Gasteiger partial charge in [-0.2, -0.15) is 0 Å². The number of carbonyl (C=O) groups excluding carboxylic acids is 1. The zero-order valence-electron chi connectivity index (χ0n) is 12.7. The van der Waals surface area contributed by atoms with E-state index in [1.165, 1.54) is 0 Å². The van der Waals surface area contributed by atoms with E-state index in [1.54, 1.807) is 0 Å². The molecule has 116 valence electrons. The second-order valence-corrected chi connectivity index (χ2v) is 5.87. The third kappa shape index (κ3) is 5.77. The summed E-state index contributed by atoms with van der Waals surface area (Å²) in [5.41, 5.74) is 0. The number of likely N-dealkylation sites (N-methyl/N-ethyl adjacent to an activating group) is 1. The van der Waals surface area contributed by atoms with Gasteiger partial charge >= 0.3 is 12.0 Å². The number of carboxylic acid groups (broad SMARTS) is 1. The molecule has 0 spiro atoms. The third-order valence-electron chi connectivity index (χ3n) is 3.60. The van der Waals surface area contributed by atoms with E-state index in [0.717, 1.165) is 32.5 Å². The first-order valence-electron chi connectivity index (χ1n) is 7.44. The van der Waals surface area contributed by atoms with Crippen LogP contribution in [0.1, 0.15) is 40.0 Å². The molecule has 20 heavy (non-hydrogen) atoms. The summed E-state index contributed by atoms with van der Waals surface area (Å²) in [7, 11) is 0. The van der Waals surface area contributed by atoms with Gasteiger partial charge in [0.2, 0.25) is 0 Å². The molecule has 2 unspecified atom stereocenters. The van der Waals surface area contributed by atoms with Gasteiger partial charge in [-0.05, 0) is 38.3 Å². The van der Waals surface area contributed by atoms with Gasteiger partial charge in [0.25, 0.3) is 0 Å². The fourth-order valence-corrected chi connectivity index (χ4v) is 2.54. The molecule has 0 aromatic carbocycles. The molecule has 6 nitrogen and oxygen atoms in total. The lowest BCUT2D eigenvalue weighted by atomic mass is 10.0. The van der Waals surface area contributed by atoms with Crippen LogP contribution in [0, 0.1) is 5.92 Å². The number of hydrogen-bond donors (Lipinski definition) is 3. The van der Waals surface area contributed by atoms with E-state index >= 15 is 0 Å². The highest BCUT2D eigenvalue weighted by Gasteiger charge is 2.24. The predicted molar refractivity (Wildman–Crippen MR) is 77.7 cm³/mol. The lowest BCUT2D eigenvalue weighted by molar-refractivity contribution is -0.139. The fraction of sp³-hybridized carbons (Fsp3) is 0.857. The SMILES string of the molecule is CCN1CCCC(NC(=O)NC(CC(C)C)C(=O)O)C1. The van der Waals surface area contributed by atoms with Gasteiger partial charge in [0.15, 0.2) is 0 Å². The summed E-state index contributed by atoms with van der Waals surface area (Å²) in [5, 5.41) is 14.6. The van der Waals surface area contributed by atoms with Gasteiger partial charge in [0.05, 0.1) is 0 Å². The number of urea groups is 1. The van der Waals surface area contributed by atoms with Crippen LogP contribution in [0.2, 0.25) is 0 Å². The summed E-state index contributed by atoms with van der Waals surface area (Å²) < 4.78 is 0. The fourth-order valence-electron chi connectivity index (χ4n) is 2.54. The number of nitrogens with zero attached hydrogens (tertiary/aromatic N) is 1. The van der Waals surface area contributed by atoms with Crippen LogP contribution in [0.15, 0.2) is 0 Å². The van der Waals surface area contributed by atoms with Crippen molar-refractivity contribution in [2.45, 2.75) is 52.1 Å². The van der Waals surface area contributed by atoms with E-state index < -0.39 is 12.0 Å². The summed E-state index contributed by atoms with van der Waals surface area (Å²) in [6.45, 7) is 8.87. The molecule has 3 N–H and O–H groups in total. The number of aliphatic carboxylic acids is 1. The Labute approximate surface area is 120 Å². The average molecular weight is 285 g/mol. The summed E-state index contributed by atoms with van der Waals surface area (Å²) in [6.07, 6.45) is 2.45. The Hall–Kier alpha value is -1.30. The van der Waals surface area contributed by atoms with Crippen molar-refractivity contribution in [2.75, 3.05) is 19.6 Å². The molecule has 1 saturated heterocycles. The maximum atomic E-state index is 11.9. The third-order valence-corrected chi connectivity index (χ3v) is 3.60. The Morgan fingerprint density at radius 1 is 1.40 bits per heavy atom. The second kappa shape index (κ2) is 8.09. The number of likely N-dealkylation sites (tertiary alicyclic amines) is 1. The van der Waals surface area contributed by atoms with E-state index in [2.05, 4.69) is 22.5 Å². The van der Waals surface area contributed by atoms with Crippen LogP contribution in [0.25, 0.3) is 0 Å². The number of amides is 2. The molecule has 1 aliphatic rings. The minimum atomic E-state index is -0.979. The highest BCUT2D eigenvalue weighted by molar-refractivity contribution is 5.82. The maximum absolute atomic E-state index is 11.9. The molecule has 1 heterocycles. The van der Waals surface area contributed by atoms with Crippen molar-refractivity contribution in [1.82, 2.24) is 15.5 Å². The van der Waals surface area contributed by atoms with Gasteiger partial charge in [0, 0.05) is 12.6 Å². The molecule has 0 bridgehead atoms. The molecular formula is C14H27N3O3. The molecule has 1 rings (SSSR count). The lowest BCUT2D eigenvalue weighted by Gasteiger charge is -2.32. The summed E-state index contributed by atoms with van der Waals surface area (Å²) in [6, 6.07) is -1.08. The van der Waals surface area contributed by atoms with Crippen molar-refractivity contribution in [3.05, 3.63) is 0 Å². The van der Waals surface area contributed by atoms with E-state index in [9.17, 15) is 9.59 Å². The number of piperidine rings is 1. The van der Waals surface area contributed by atoms with E-state index in [4.69, 9.17) is 5.11 Å². The van der Waals surface area contributed by atoms with Crippen LogP contribution < -0.4 is 10.6 Å². The Bertz CT molecular complexity index is 334. The minimum absolute atomic E-state index is 0.109. The Morgan fingerprint density at radius 2 is 2.10 bits per heavy atom. The van der Waals surface area contributed by atoms with E-state index in [1.807, 2.05) is 13.8 Å². The maximum Gasteiger partial charge on any atom is 0.326 e. The van der Waals surface area contributed by atoms with Gasteiger partial charge in [-0.3, -0.25) is 0 Å². The molecule has 2 atom stereocenters. The van der Waals surface area contributed by atoms with Gasteiger partial charge in [-0.1, -0.05) is 20.8 Å². The zero-order valence-corrected chi connectivity index (χ0v) is 12.7. The molecule has 1 aliphatic heterocycles. The molecule has 0 radical (unpaired) electrons. The van der Waals surface area contributed by atoms with Crippen molar-refractivity contribution in [2.24, 2.45) is 5.92 Å². The molecule has 0 aromatic heterocycles. The molecule has 1 fully saturated rings. The van der Waals surface area contributed by atoms with Crippen molar-refractivity contribution < 1.29 is 14.7 Å². The van der Waals surface area contributed by atoms with Gasteiger partial charge in [-0.15, -0.1) is 0 Å². The Kier molecular flexibility index (Phi) is 6.78. The van der Waals surface area contributed by atoms with Crippen LogP contribution in [0.3, 0.4) is 0 Å². The van der Waals surface area contributed by atoms with E-state index in [0.29, 0.717) is 6.42 Å². The Balaban J connectivity index is 2.42. The number of carbonyl (C=O) groups is 2. The van der Waals surface area contributed by atoms with Crippen molar-refractivity contribution >= 4 is 12.0 Å². The van der Waals surface area contributed by atoms with Crippen molar-refractivity contribution in [3.8, 4) is 0 Å². The topological polar surface area (TPSA) is 81.7 Å². The standard InChI is InChI=1S/C14H27N3O3/c1-4-17-7-5-6-11(9-17)15-14(20)16-12(13(18)19)8-10(2)3/h10-12H,4-9H2,1-3H3,(H,18,19)(H2,15,16,20). The first kappa shape index (κ1) is 16.8. The van der Waals surface area contributed by atoms with Gasteiger partial charge in [-0.25, -0.2) is 9.59 Å². The van der Waals surface area contributed by atoms with Crippen LogP contribution in [-0.4, -0.2) is 53.7 Å². The molecule has 0 aromatic rings. The van der Waals surface area contributed by atoms with Crippen LogP contribution >= 0.6 is 0 Å². The quantitative estimate of drug-likeness (QED) is 0.686. The molecule has 0 saturated carbocycles. The van der Waals surface area contributed by atoms with Gasteiger partial charge in [0.1, 0.15) is 6.04 Å². The molecule has 6 heteroatoms. The summed E-state index contributed by atoms with van der Waals surface area (Å²) in [4.78, 5) is 25.3. The van der Waals surface area contributed by atoms with Crippen LogP contribution in [0.4, 0.5) is 4.79 Å². The summed E-state index contributed by atoms with van der Waals surface area (Å²) >= 11 is 0. The molecule has 0 aliphatic carbocycles. The molecule has 2 amide bonds. The normalized spacial score (nSPS) is 21.5. The van der Waals surface area contributed by atoms with Crippen LogP contribution in [0.5, 0.6) is 0 Å². The zero-order chi connectivity index (χ0) is 15.1. The van der Waals surface area contributed by atoms with Crippen LogP contribution in [-0.2, 0) is 4.79 Å². The predicted octanol–water partition coefficient (Wildman–Crippen LogP) is 1.27. The van der Waals surface area contributed by atoms with E-state index in [-0.39, 0.29) is 18.0 Å². The first-order chi connectivity index (χ1) is 9.42. The number of carboxylic acids is 1. The highest BCUT2D eigenvalue weighted by Crippen LogP contribution is 2.10. The minimum Gasteiger partial charge on any atom is -0.480 e. The first-order valence-corrected chi connectivity index (χ1v) is 7.44. The molecular weight excluding hydrogens is 258 g/mol. The smallest absolute Gasteiger partial charge is 0.326 e. The number of hydrogen-bond acceptors (Lipinski definition) is 3. The van der Waals surface area contributed by atoms with Crippen molar-refractivity contribution in [3.63, 3.8) is 0 Å². The largest absolute Gasteiger partial charge is 0.480 e. The van der Waals surface area contributed by atoms with Crippen molar-refractivity contribution in [1.29, 1.82) is 0 Å². The summed E-state index contributed by atoms with van der Waals surface area (Å²) in [5.74, 6) is -0.755.